The molecule has 84 valence electrons. The Morgan fingerprint density at radius 3 is 3.20 bits per heavy atom. The van der Waals surface area contributed by atoms with E-state index in [2.05, 4.69) is 22.6 Å². The molecule has 0 spiro atoms. The molecule has 0 aliphatic carbocycles. The highest BCUT2D eigenvalue weighted by Gasteiger charge is 2.21. The summed E-state index contributed by atoms with van der Waals surface area (Å²) in [4.78, 5) is 4.43. The van der Waals surface area contributed by atoms with Crippen molar-refractivity contribution in [1.82, 2.24) is 10.3 Å². The van der Waals surface area contributed by atoms with E-state index in [4.69, 9.17) is 4.74 Å². The fourth-order valence-electron chi connectivity index (χ4n) is 1.87. The smallest absolute Gasteiger partial charge is 0.0897 e. The van der Waals surface area contributed by atoms with Crippen LogP contribution >= 0.6 is 11.3 Å². The van der Waals surface area contributed by atoms with Crippen LogP contribution in [0.2, 0.25) is 0 Å². The summed E-state index contributed by atoms with van der Waals surface area (Å²) in [5.41, 5.74) is 1.16. The summed E-state index contributed by atoms with van der Waals surface area (Å²) in [7, 11) is 0. The van der Waals surface area contributed by atoms with Crippen molar-refractivity contribution in [2.75, 3.05) is 13.2 Å². The molecule has 2 rings (SSSR count). The summed E-state index contributed by atoms with van der Waals surface area (Å²) in [6, 6.07) is 0.523. The molecule has 1 N–H and O–H groups in total. The van der Waals surface area contributed by atoms with E-state index in [9.17, 15) is 0 Å². The van der Waals surface area contributed by atoms with E-state index in [1.807, 2.05) is 6.92 Å². The molecule has 15 heavy (non-hydrogen) atoms. The monoisotopic (exact) mass is 226 g/mol. The highest BCUT2D eigenvalue weighted by molar-refractivity contribution is 7.09. The first-order chi connectivity index (χ1) is 7.25. The Hall–Kier alpha value is -0.450. The van der Waals surface area contributed by atoms with Crippen molar-refractivity contribution in [3.63, 3.8) is 0 Å². The van der Waals surface area contributed by atoms with Gasteiger partial charge in [-0.1, -0.05) is 0 Å². The van der Waals surface area contributed by atoms with Gasteiger partial charge in [-0.3, -0.25) is 0 Å². The van der Waals surface area contributed by atoms with Crippen LogP contribution < -0.4 is 5.32 Å². The van der Waals surface area contributed by atoms with Gasteiger partial charge in [0.2, 0.25) is 0 Å². The van der Waals surface area contributed by atoms with E-state index in [1.165, 1.54) is 6.42 Å². The van der Waals surface area contributed by atoms with E-state index in [0.717, 1.165) is 30.5 Å². The average molecular weight is 226 g/mol. The molecule has 1 aliphatic heterocycles. The number of nitrogens with zero attached hydrogens (tertiary/aromatic N) is 1. The lowest BCUT2D eigenvalue weighted by Crippen LogP contribution is -2.33. The Morgan fingerprint density at radius 1 is 1.73 bits per heavy atom. The second-order valence-electron chi connectivity index (χ2n) is 4.15. The lowest BCUT2D eigenvalue weighted by atomic mass is 10.0. The summed E-state index contributed by atoms with van der Waals surface area (Å²) in [5.74, 6) is 0.671. The summed E-state index contributed by atoms with van der Waals surface area (Å²) >= 11 is 1.71. The fourth-order valence-corrected chi connectivity index (χ4v) is 2.48. The SMILES string of the molecule is Cc1nc(CNC(C)C2CCOC2)cs1. The van der Waals surface area contributed by atoms with Crippen LogP contribution in [0.3, 0.4) is 0 Å². The first-order valence-electron chi connectivity index (χ1n) is 5.48. The number of nitrogens with one attached hydrogen (secondary N) is 1. The summed E-state index contributed by atoms with van der Waals surface area (Å²) in [6.07, 6.45) is 1.18. The quantitative estimate of drug-likeness (QED) is 0.852. The topological polar surface area (TPSA) is 34.2 Å². The minimum Gasteiger partial charge on any atom is -0.381 e. The van der Waals surface area contributed by atoms with Crippen molar-refractivity contribution in [3.05, 3.63) is 16.1 Å². The summed E-state index contributed by atoms with van der Waals surface area (Å²) in [5, 5.41) is 6.79. The predicted molar refractivity (Wildman–Crippen MR) is 62.1 cm³/mol. The van der Waals surface area contributed by atoms with E-state index >= 15 is 0 Å². The summed E-state index contributed by atoms with van der Waals surface area (Å²) < 4.78 is 5.38. The molecule has 4 heteroatoms. The van der Waals surface area contributed by atoms with E-state index in [1.54, 1.807) is 11.3 Å². The maximum Gasteiger partial charge on any atom is 0.0897 e. The van der Waals surface area contributed by atoms with Gasteiger partial charge in [0.1, 0.15) is 0 Å². The first-order valence-corrected chi connectivity index (χ1v) is 6.36. The molecule has 1 aromatic heterocycles. The number of hydrogen-bond donors (Lipinski definition) is 1. The van der Waals surface area contributed by atoms with Gasteiger partial charge < -0.3 is 10.1 Å². The molecule has 2 atom stereocenters. The molecule has 2 unspecified atom stereocenters. The van der Waals surface area contributed by atoms with Gasteiger partial charge in [-0.2, -0.15) is 0 Å². The lowest BCUT2D eigenvalue weighted by Gasteiger charge is -2.18. The van der Waals surface area contributed by atoms with Crippen LogP contribution in [0.1, 0.15) is 24.0 Å². The summed E-state index contributed by atoms with van der Waals surface area (Å²) in [6.45, 7) is 6.99. The third-order valence-electron chi connectivity index (χ3n) is 2.94. The largest absolute Gasteiger partial charge is 0.381 e. The number of aromatic nitrogens is 1. The zero-order chi connectivity index (χ0) is 10.7. The van der Waals surface area contributed by atoms with Crippen LogP contribution in [0.25, 0.3) is 0 Å². The molecule has 0 bridgehead atoms. The maximum atomic E-state index is 5.38. The van der Waals surface area contributed by atoms with Gasteiger partial charge >= 0.3 is 0 Å². The van der Waals surface area contributed by atoms with Crippen LogP contribution in [0.4, 0.5) is 0 Å². The average Bonchev–Trinajstić information content (AvgIpc) is 2.84. The standard InChI is InChI=1S/C11H18N2OS/c1-8(10-3-4-14-6-10)12-5-11-7-15-9(2)13-11/h7-8,10,12H,3-6H2,1-2H3. The van der Waals surface area contributed by atoms with E-state index < -0.39 is 0 Å². The van der Waals surface area contributed by atoms with Crippen molar-refractivity contribution in [2.24, 2.45) is 5.92 Å². The second-order valence-corrected chi connectivity index (χ2v) is 5.21. The number of ether oxygens (including phenoxy) is 1. The Labute approximate surface area is 94.9 Å². The van der Waals surface area contributed by atoms with Gasteiger partial charge in [0.05, 0.1) is 17.3 Å². The molecular formula is C11H18N2OS. The highest BCUT2D eigenvalue weighted by Crippen LogP contribution is 2.17. The minimum atomic E-state index is 0.523. The molecule has 1 aromatic rings. The first kappa shape index (κ1) is 11.0. The van der Waals surface area contributed by atoms with Crippen molar-refractivity contribution < 1.29 is 4.74 Å². The number of aryl methyl sites for hydroxylation is 1. The molecule has 0 aromatic carbocycles. The molecule has 1 saturated heterocycles. The highest BCUT2D eigenvalue weighted by atomic mass is 32.1. The van der Waals surface area contributed by atoms with Gasteiger partial charge in [0, 0.05) is 24.6 Å². The van der Waals surface area contributed by atoms with Crippen molar-refractivity contribution in [3.8, 4) is 0 Å². The number of hydrogen-bond acceptors (Lipinski definition) is 4. The zero-order valence-electron chi connectivity index (χ0n) is 9.32. The van der Waals surface area contributed by atoms with Crippen LogP contribution in [-0.2, 0) is 11.3 Å². The molecule has 0 amide bonds. The predicted octanol–water partition coefficient (Wildman–Crippen LogP) is 1.97. The van der Waals surface area contributed by atoms with Gasteiger partial charge in [-0.05, 0) is 26.2 Å². The Kier molecular flexibility index (Phi) is 3.72. The Morgan fingerprint density at radius 2 is 2.60 bits per heavy atom. The molecule has 3 nitrogen and oxygen atoms in total. The lowest BCUT2D eigenvalue weighted by molar-refractivity contribution is 0.178. The van der Waals surface area contributed by atoms with Crippen LogP contribution in [0.5, 0.6) is 0 Å². The number of thiazole rings is 1. The fraction of sp³-hybridized carbons (Fsp3) is 0.727. The van der Waals surface area contributed by atoms with Gasteiger partial charge in [0.25, 0.3) is 0 Å². The van der Waals surface area contributed by atoms with Crippen molar-refractivity contribution >= 4 is 11.3 Å². The van der Waals surface area contributed by atoms with Gasteiger partial charge in [-0.25, -0.2) is 4.98 Å². The van der Waals surface area contributed by atoms with Crippen LogP contribution in [0, 0.1) is 12.8 Å². The second kappa shape index (κ2) is 5.05. The Bertz CT molecular complexity index is 307. The van der Waals surface area contributed by atoms with Gasteiger partial charge in [0.15, 0.2) is 0 Å². The normalized spacial score (nSPS) is 23.2. The molecular weight excluding hydrogens is 208 g/mol. The number of rotatable bonds is 4. The minimum absolute atomic E-state index is 0.523. The third kappa shape index (κ3) is 3.00. The van der Waals surface area contributed by atoms with Crippen LogP contribution in [-0.4, -0.2) is 24.2 Å². The van der Waals surface area contributed by atoms with Crippen molar-refractivity contribution in [1.29, 1.82) is 0 Å². The molecule has 1 aliphatic rings. The van der Waals surface area contributed by atoms with Gasteiger partial charge in [-0.15, -0.1) is 11.3 Å². The molecule has 1 fully saturated rings. The van der Waals surface area contributed by atoms with Crippen LogP contribution in [0.15, 0.2) is 5.38 Å². The molecule has 2 heterocycles. The van der Waals surface area contributed by atoms with E-state index in [0.29, 0.717) is 12.0 Å². The maximum absolute atomic E-state index is 5.38. The molecule has 0 radical (unpaired) electrons. The zero-order valence-corrected chi connectivity index (χ0v) is 10.1. The third-order valence-corrected chi connectivity index (χ3v) is 3.77. The Balaban J connectivity index is 1.77. The molecule has 0 saturated carbocycles. The van der Waals surface area contributed by atoms with Crippen molar-refractivity contribution in [2.45, 2.75) is 32.9 Å². The van der Waals surface area contributed by atoms with E-state index in [-0.39, 0.29) is 0 Å².